The van der Waals surface area contributed by atoms with Crippen molar-refractivity contribution >= 4 is 11.6 Å². The second-order valence-corrected chi connectivity index (χ2v) is 4.47. The van der Waals surface area contributed by atoms with Gasteiger partial charge in [-0.2, -0.15) is 0 Å². The zero-order chi connectivity index (χ0) is 14.0. The molecule has 0 saturated carbocycles. The van der Waals surface area contributed by atoms with E-state index in [1.165, 1.54) is 36.4 Å². The van der Waals surface area contributed by atoms with Crippen molar-refractivity contribution in [1.82, 2.24) is 0 Å². The molecule has 1 atom stereocenters. The Labute approximate surface area is 113 Å². The summed E-state index contributed by atoms with van der Waals surface area (Å²) in [6, 6.07) is 9.02. The van der Waals surface area contributed by atoms with Crippen LogP contribution in [0.15, 0.2) is 42.5 Å². The van der Waals surface area contributed by atoms with Crippen molar-refractivity contribution in [2.24, 2.45) is 0 Å². The Kier molecular flexibility index (Phi) is 4.12. The minimum atomic E-state index is -2.57. The minimum absolute atomic E-state index is 0.0502. The van der Waals surface area contributed by atoms with Gasteiger partial charge >= 0.3 is 0 Å². The minimum Gasteiger partial charge on any atom is -0.384 e. The van der Waals surface area contributed by atoms with Gasteiger partial charge in [0.05, 0.1) is 0 Å². The molecule has 0 aliphatic carbocycles. The standard InChI is InChI=1S/C14H10ClF3O/c15-10-5-6-11(12(16)7-10)13(19)8-1-3-9(4-2-8)14(17)18/h1-7,13-14,19H. The Morgan fingerprint density at radius 1 is 0.947 bits per heavy atom. The predicted molar refractivity (Wildman–Crippen MR) is 66.9 cm³/mol. The van der Waals surface area contributed by atoms with Crippen molar-refractivity contribution in [2.75, 3.05) is 0 Å². The first-order valence-corrected chi connectivity index (χ1v) is 5.88. The van der Waals surface area contributed by atoms with Crippen LogP contribution in [0.5, 0.6) is 0 Å². The normalized spacial score (nSPS) is 12.7. The SMILES string of the molecule is OC(c1ccc(C(F)F)cc1)c1ccc(Cl)cc1F. The van der Waals surface area contributed by atoms with Gasteiger partial charge in [0, 0.05) is 16.1 Å². The zero-order valence-electron chi connectivity index (χ0n) is 9.66. The van der Waals surface area contributed by atoms with Gasteiger partial charge in [0.25, 0.3) is 6.43 Å². The molecule has 19 heavy (non-hydrogen) atoms. The molecule has 5 heteroatoms. The molecule has 0 bridgehead atoms. The molecule has 1 unspecified atom stereocenters. The Morgan fingerprint density at radius 2 is 1.53 bits per heavy atom. The third-order valence-electron chi connectivity index (χ3n) is 2.76. The molecule has 1 N–H and O–H groups in total. The second-order valence-electron chi connectivity index (χ2n) is 4.04. The molecule has 0 aromatic heterocycles. The number of benzene rings is 2. The van der Waals surface area contributed by atoms with Gasteiger partial charge in [-0.05, 0) is 17.7 Å². The van der Waals surface area contributed by atoms with Gasteiger partial charge in [-0.3, -0.25) is 0 Å². The number of rotatable bonds is 3. The van der Waals surface area contributed by atoms with E-state index in [0.717, 1.165) is 6.07 Å². The fourth-order valence-electron chi connectivity index (χ4n) is 1.73. The maximum Gasteiger partial charge on any atom is 0.263 e. The maximum absolute atomic E-state index is 13.6. The molecule has 2 aromatic carbocycles. The molecule has 0 aliphatic heterocycles. The first kappa shape index (κ1) is 13.9. The van der Waals surface area contributed by atoms with Gasteiger partial charge in [0.2, 0.25) is 0 Å². The summed E-state index contributed by atoms with van der Waals surface area (Å²) in [6.45, 7) is 0. The van der Waals surface area contributed by atoms with E-state index < -0.39 is 18.3 Å². The summed E-state index contributed by atoms with van der Waals surface area (Å²) in [5.74, 6) is -0.641. The number of hydrogen-bond donors (Lipinski definition) is 1. The van der Waals surface area contributed by atoms with Gasteiger partial charge in [-0.1, -0.05) is 41.9 Å². The maximum atomic E-state index is 13.6. The zero-order valence-corrected chi connectivity index (χ0v) is 10.4. The lowest BCUT2D eigenvalue weighted by atomic mass is 10.00. The average Bonchev–Trinajstić information content (AvgIpc) is 2.38. The molecular weight excluding hydrogens is 277 g/mol. The van der Waals surface area contributed by atoms with Crippen LogP contribution in [-0.4, -0.2) is 5.11 Å². The third-order valence-corrected chi connectivity index (χ3v) is 3.00. The highest BCUT2D eigenvalue weighted by molar-refractivity contribution is 6.30. The van der Waals surface area contributed by atoms with E-state index in [4.69, 9.17) is 11.6 Å². The Balaban J connectivity index is 2.30. The van der Waals surface area contributed by atoms with E-state index in [9.17, 15) is 18.3 Å². The third kappa shape index (κ3) is 3.08. The summed E-state index contributed by atoms with van der Waals surface area (Å²) in [7, 11) is 0. The van der Waals surface area contributed by atoms with E-state index in [-0.39, 0.29) is 16.1 Å². The summed E-state index contributed by atoms with van der Waals surface area (Å²) in [5.41, 5.74) is 0.243. The van der Waals surface area contributed by atoms with Crippen molar-refractivity contribution < 1.29 is 18.3 Å². The summed E-state index contributed by atoms with van der Waals surface area (Å²) >= 11 is 5.62. The first-order chi connectivity index (χ1) is 8.99. The number of aliphatic hydroxyl groups is 1. The number of alkyl halides is 2. The molecule has 0 heterocycles. The van der Waals surface area contributed by atoms with Crippen molar-refractivity contribution in [3.63, 3.8) is 0 Å². The van der Waals surface area contributed by atoms with Crippen LogP contribution < -0.4 is 0 Å². The molecule has 0 aliphatic rings. The lowest BCUT2D eigenvalue weighted by Crippen LogP contribution is -2.02. The molecule has 0 spiro atoms. The van der Waals surface area contributed by atoms with E-state index >= 15 is 0 Å². The molecule has 2 rings (SSSR count). The molecule has 0 radical (unpaired) electrons. The van der Waals surface area contributed by atoms with E-state index in [1.54, 1.807) is 0 Å². The highest BCUT2D eigenvalue weighted by Crippen LogP contribution is 2.28. The lowest BCUT2D eigenvalue weighted by molar-refractivity contribution is 0.151. The van der Waals surface area contributed by atoms with Crippen LogP contribution in [-0.2, 0) is 0 Å². The van der Waals surface area contributed by atoms with Crippen molar-refractivity contribution in [3.8, 4) is 0 Å². The molecule has 1 nitrogen and oxygen atoms in total. The fraction of sp³-hybridized carbons (Fsp3) is 0.143. The summed E-state index contributed by atoms with van der Waals surface area (Å²) in [6.07, 6.45) is -3.79. The molecule has 0 amide bonds. The van der Waals surface area contributed by atoms with Crippen LogP contribution in [0.25, 0.3) is 0 Å². The summed E-state index contributed by atoms with van der Waals surface area (Å²) in [4.78, 5) is 0. The average molecular weight is 287 g/mol. The van der Waals surface area contributed by atoms with Crippen molar-refractivity contribution in [3.05, 3.63) is 70.0 Å². The van der Waals surface area contributed by atoms with Crippen LogP contribution in [0.3, 0.4) is 0 Å². The summed E-state index contributed by atoms with van der Waals surface area (Å²) in [5, 5.41) is 10.2. The molecule has 2 aromatic rings. The van der Waals surface area contributed by atoms with E-state index in [1.807, 2.05) is 0 Å². The Bertz CT molecular complexity index is 569. The van der Waals surface area contributed by atoms with Crippen molar-refractivity contribution in [2.45, 2.75) is 12.5 Å². The fourth-order valence-corrected chi connectivity index (χ4v) is 1.89. The van der Waals surface area contributed by atoms with Crippen LogP contribution in [0.1, 0.15) is 29.2 Å². The smallest absolute Gasteiger partial charge is 0.263 e. The highest BCUT2D eigenvalue weighted by atomic mass is 35.5. The number of hydrogen-bond acceptors (Lipinski definition) is 1. The predicted octanol–water partition coefficient (Wildman–Crippen LogP) is 4.50. The molecule has 0 fully saturated rings. The van der Waals surface area contributed by atoms with Crippen LogP contribution in [0.2, 0.25) is 5.02 Å². The first-order valence-electron chi connectivity index (χ1n) is 5.50. The van der Waals surface area contributed by atoms with Crippen LogP contribution in [0.4, 0.5) is 13.2 Å². The lowest BCUT2D eigenvalue weighted by Gasteiger charge is -2.13. The van der Waals surface area contributed by atoms with Crippen LogP contribution in [0, 0.1) is 5.82 Å². The van der Waals surface area contributed by atoms with Gasteiger partial charge in [0.15, 0.2) is 0 Å². The van der Waals surface area contributed by atoms with Crippen molar-refractivity contribution in [1.29, 1.82) is 0 Å². The monoisotopic (exact) mass is 286 g/mol. The molecule has 100 valence electrons. The molecule has 0 saturated heterocycles. The van der Waals surface area contributed by atoms with Gasteiger partial charge in [-0.15, -0.1) is 0 Å². The Morgan fingerprint density at radius 3 is 2.05 bits per heavy atom. The largest absolute Gasteiger partial charge is 0.384 e. The highest BCUT2D eigenvalue weighted by Gasteiger charge is 2.16. The van der Waals surface area contributed by atoms with Gasteiger partial charge in [-0.25, -0.2) is 13.2 Å². The van der Waals surface area contributed by atoms with E-state index in [2.05, 4.69) is 0 Å². The Hall–Kier alpha value is -1.52. The number of aliphatic hydroxyl groups excluding tert-OH is 1. The number of halogens is 4. The van der Waals surface area contributed by atoms with E-state index in [0.29, 0.717) is 5.56 Å². The quantitative estimate of drug-likeness (QED) is 0.881. The van der Waals surface area contributed by atoms with Gasteiger partial charge < -0.3 is 5.11 Å². The van der Waals surface area contributed by atoms with Gasteiger partial charge in [0.1, 0.15) is 11.9 Å². The topological polar surface area (TPSA) is 20.2 Å². The second kappa shape index (κ2) is 5.63. The summed E-state index contributed by atoms with van der Waals surface area (Å²) < 4.78 is 38.4. The molecular formula is C14H10ClF3O. The van der Waals surface area contributed by atoms with Crippen LogP contribution >= 0.6 is 11.6 Å².